The van der Waals surface area contributed by atoms with Crippen molar-refractivity contribution in [1.82, 2.24) is 25.4 Å². The molecule has 0 aliphatic carbocycles. The van der Waals surface area contributed by atoms with Gasteiger partial charge in [-0.05, 0) is 62.1 Å². The Hall–Kier alpha value is -3.33. The molecular formula is C24H29N5O4. The largest absolute Gasteiger partial charge is 0.481 e. The van der Waals surface area contributed by atoms with Crippen LogP contribution in [0.2, 0.25) is 0 Å². The van der Waals surface area contributed by atoms with Gasteiger partial charge in [0, 0.05) is 30.7 Å². The Morgan fingerprint density at radius 3 is 3.06 bits per heavy atom. The standard InChI is InChI=1S/C24H29N5O4/c30-21(31)15-20(19-8-6-17-9-14-33-23(17)27-19)29-13-12-28(24(29)32)11-2-4-18-7-5-16-3-1-10-25-22(16)26-18/h5-9,14,20,22,25-26H,1-4,10-13,15H2,(H,30,31)/t20-,22?/m0/s1. The molecule has 2 aromatic rings. The van der Waals surface area contributed by atoms with Gasteiger partial charge in [-0.25, -0.2) is 9.78 Å². The van der Waals surface area contributed by atoms with Crippen molar-refractivity contribution in [3.8, 4) is 0 Å². The molecule has 5 rings (SSSR count). The summed E-state index contributed by atoms with van der Waals surface area (Å²) in [5.41, 5.74) is 3.57. The van der Waals surface area contributed by atoms with Crippen molar-refractivity contribution in [1.29, 1.82) is 0 Å². The first kappa shape index (κ1) is 21.5. The molecule has 2 fully saturated rings. The lowest BCUT2D eigenvalue weighted by molar-refractivity contribution is -0.138. The quantitative estimate of drug-likeness (QED) is 0.566. The van der Waals surface area contributed by atoms with Crippen LogP contribution in [0.5, 0.6) is 0 Å². The normalized spacial score (nSPS) is 21.5. The molecule has 0 saturated carbocycles. The van der Waals surface area contributed by atoms with Crippen LogP contribution in [0.25, 0.3) is 11.1 Å². The summed E-state index contributed by atoms with van der Waals surface area (Å²) in [5.74, 6) is -0.966. The number of amides is 2. The van der Waals surface area contributed by atoms with Crippen LogP contribution in [0, 0.1) is 0 Å². The molecule has 33 heavy (non-hydrogen) atoms. The van der Waals surface area contributed by atoms with Crippen molar-refractivity contribution in [2.45, 2.75) is 44.3 Å². The summed E-state index contributed by atoms with van der Waals surface area (Å²) in [6.45, 7) is 2.72. The highest BCUT2D eigenvalue weighted by Crippen LogP contribution is 2.29. The van der Waals surface area contributed by atoms with E-state index < -0.39 is 12.0 Å². The number of carbonyl (C=O) groups excluding carboxylic acids is 1. The fourth-order valence-corrected chi connectivity index (χ4v) is 4.88. The number of pyridine rings is 1. The number of nitrogens with one attached hydrogen (secondary N) is 2. The van der Waals surface area contributed by atoms with Crippen molar-refractivity contribution in [3.63, 3.8) is 0 Å². The second kappa shape index (κ2) is 9.27. The van der Waals surface area contributed by atoms with Crippen LogP contribution < -0.4 is 10.6 Å². The Bertz CT molecular complexity index is 1110. The van der Waals surface area contributed by atoms with Crippen molar-refractivity contribution in [3.05, 3.63) is 53.6 Å². The predicted molar refractivity (Wildman–Crippen MR) is 122 cm³/mol. The highest BCUT2D eigenvalue weighted by molar-refractivity contribution is 5.79. The number of furan rings is 1. The first-order valence-electron chi connectivity index (χ1n) is 11.6. The molecule has 9 heteroatoms. The van der Waals surface area contributed by atoms with Crippen molar-refractivity contribution < 1.29 is 19.1 Å². The molecular weight excluding hydrogens is 422 g/mol. The Kier molecular flexibility index (Phi) is 6.04. The average molecular weight is 452 g/mol. The number of aromatic nitrogens is 1. The Balaban J connectivity index is 1.21. The van der Waals surface area contributed by atoms with E-state index in [1.54, 1.807) is 23.3 Å². The number of allylic oxidation sites excluding steroid dienone is 3. The molecule has 9 nitrogen and oxygen atoms in total. The number of hydrogen-bond acceptors (Lipinski definition) is 6. The SMILES string of the molecule is O=C(O)C[C@@H](c1ccc2ccoc2n1)N1CCN(CCCC2=CC=C3CCCNC3N2)C1=O. The molecule has 3 N–H and O–H groups in total. The average Bonchev–Trinajstić information content (AvgIpc) is 3.43. The molecule has 2 amide bonds. The van der Waals surface area contributed by atoms with Crippen LogP contribution in [0.3, 0.4) is 0 Å². The van der Waals surface area contributed by atoms with E-state index >= 15 is 0 Å². The summed E-state index contributed by atoms with van der Waals surface area (Å²) >= 11 is 0. The molecule has 0 spiro atoms. The Morgan fingerprint density at radius 1 is 1.27 bits per heavy atom. The molecule has 0 bridgehead atoms. The zero-order valence-corrected chi connectivity index (χ0v) is 18.5. The molecule has 2 saturated heterocycles. The molecule has 3 aliphatic rings. The number of rotatable bonds is 8. The predicted octanol–water partition coefficient (Wildman–Crippen LogP) is 2.98. The molecule has 0 radical (unpaired) electrons. The van der Waals surface area contributed by atoms with Crippen molar-refractivity contribution >= 4 is 23.1 Å². The highest BCUT2D eigenvalue weighted by atomic mass is 16.4. The number of nitrogens with zero attached hydrogens (tertiary/aromatic N) is 3. The number of aliphatic carboxylic acids is 1. The second-order valence-electron chi connectivity index (χ2n) is 8.80. The summed E-state index contributed by atoms with van der Waals surface area (Å²) < 4.78 is 5.38. The topological polar surface area (TPSA) is 111 Å². The third-order valence-corrected chi connectivity index (χ3v) is 6.62. The number of piperidine rings is 1. The monoisotopic (exact) mass is 451 g/mol. The number of hydrogen-bond donors (Lipinski definition) is 3. The van der Waals surface area contributed by atoms with E-state index in [1.807, 2.05) is 11.0 Å². The number of carboxylic acid groups (broad SMARTS) is 1. The number of urea groups is 1. The van der Waals surface area contributed by atoms with Crippen LogP contribution in [0.1, 0.15) is 43.8 Å². The van der Waals surface area contributed by atoms with Gasteiger partial charge >= 0.3 is 12.0 Å². The van der Waals surface area contributed by atoms with Crippen LogP contribution in [-0.4, -0.2) is 64.2 Å². The van der Waals surface area contributed by atoms with Gasteiger partial charge in [0.2, 0.25) is 5.71 Å². The Labute approximate surface area is 192 Å². The number of dihydropyridines is 1. The molecule has 2 aromatic heterocycles. The lowest BCUT2D eigenvalue weighted by Gasteiger charge is -2.32. The maximum Gasteiger partial charge on any atom is 0.320 e. The van der Waals surface area contributed by atoms with Crippen LogP contribution in [-0.2, 0) is 4.79 Å². The van der Waals surface area contributed by atoms with Gasteiger partial charge in [-0.15, -0.1) is 0 Å². The first-order chi connectivity index (χ1) is 16.1. The first-order valence-corrected chi connectivity index (χ1v) is 11.6. The molecule has 5 heterocycles. The Morgan fingerprint density at radius 2 is 2.18 bits per heavy atom. The summed E-state index contributed by atoms with van der Waals surface area (Å²) in [7, 11) is 0. The van der Waals surface area contributed by atoms with Gasteiger partial charge in [0.1, 0.15) is 0 Å². The number of carbonyl (C=O) groups is 2. The van der Waals surface area contributed by atoms with Gasteiger partial charge in [-0.1, -0.05) is 6.08 Å². The van der Waals surface area contributed by atoms with E-state index in [9.17, 15) is 14.7 Å². The minimum atomic E-state index is -0.966. The second-order valence-corrected chi connectivity index (χ2v) is 8.80. The van der Waals surface area contributed by atoms with E-state index in [0.29, 0.717) is 31.0 Å². The van der Waals surface area contributed by atoms with E-state index in [0.717, 1.165) is 31.2 Å². The van der Waals surface area contributed by atoms with Gasteiger partial charge in [0.15, 0.2) is 0 Å². The van der Waals surface area contributed by atoms with E-state index in [1.165, 1.54) is 17.7 Å². The van der Waals surface area contributed by atoms with E-state index in [4.69, 9.17) is 4.42 Å². The summed E-state index contributed by atoms with van der Waals surface area (Å²) in [6, 6.07) is 4.67. The van der Waals surface area contributed by atoms with Crippen molar-refractivity contribution in [2.75, 3.05) is 26.2 Å². The number of fused-ring (bicyclic) bond motifs is 2. The lowest BCUT2D eigenvalue weighted by atomic mass is 9.99. The van der Waals surface area contributed by atoms with Gasteiger partial charge in [-0.3, -0.25) is 10.1 Å². The molecule has 0 aromatic carbocycles. The van der Waals surface area contributed by atoms with E-state index in [2.05, 4.69) is 27.8 Å². The minimum Gasteiger partial charge on any atom is -0.481 e. The number of carboxylic acids is 1. The van der Waals surface area contributed by atoms with Crippen LogP contribution in [0.4, 0.5) is 4.79 Å². The van der Waals surface area contributed by atoms with Crippen LogP contribution in [0.15, 0.2) is 52.3 Å². The fourth-order valence-electron chi connectivity index (χ4n) is 4.88. The molecule has 3 aliphatic heterocycles. The third-order valence-electron chi connectivity index (χ3n) is 6.62. The lowest BCUT2D eigenvalue weighted by Crippen LogP contribution is -2.47. The molecule has 2 atom stereocenters. The molecule has 1 unspecified atom stereocenters. The maximum atomic E-state index is 13.1. The van der Waals surface area contributed by atoms with E-state index in [-0.39, 0.29) is 18.6 Å². The van der Waals surface area contributed by atoms with Crippen LogP contribution >= 0.6 is 0 Å². The minimum absolute atomic E-state index is 0.135. The maximum absolute atomic E-state index is 13.1. The fraction of sp³-hybridized carbons (Fsp3) is 0.458. The zero-order valence-electron chi connectivity index (χ0n) is 18.5. The summed E-state index contributed by atoms with van der Waals surface area (Å²) in [4.78, 5) is 32.6. The summed E-state index contributed by atoms with van der Waals surface area (Å²) in [5, 5.41) is 17.4. The third kappa shape index (κ3) is 4.59. The van der Waals surface area contributed by atoms with Gasteiger partial charge in [0.05, 0.1) is 30.6 Å². The zero-order chi connectivity index (χ0) is 22.8. The van der Waals surface area contributed by atoms with Gasteiger partial charge in [0.25, 0.3) is 0 Å². The smallest absolute Gasteiger partial charge is 0.320 e. The highest BCUT2D eigenvalue weighted by Gasteiger charge is 2.36. The molecule has 174 valence electrons. The van der Waals surface area contributed by atoms with Gasteiger partial charge in [-0.2, -0.15) is 0 Å². The van der Waals surface area contributed by atoms with Crippen molar-refractivity contribution in [2.24, 2.45) is 0 Å². The summed E-state index contributed by atoms with van der Waals surface area (Å²) in [6.07, 6.45) is 9.96. The van der Waals surface area contributed by atoms with Gasteiger partial charge < -0.3 is 24.6 Å².